The fraction of sp³-hybridized carbons (Fsp3) is 0.588. The lowest BCUT2D eigenvalue weighted by Gasteiger charge is -2.39. The predicted octanol–water partition coefficient (Wildman–Crippen LogP) is 1.26. The van der Waals surface area contributed by atoms with Crippen molar-refractivity contribution in [2.75, 3.05) is 44.2 Å². The highest BCUT2D eigenvalue weighted by molar-refractivity contribution is 5.70. The highest BCUT2D eigenvalue weighted by Crippen LogP contribution is 2.23. The van der Waals surface area contributed by atoms with Gasteiger partial charge in [0.05, 0.1) is 5.92 Å². The predicted molar refractivity (Wildman–Crippen MR) is 87.2 cm³/mol. The fourth-order valence-electron chi connectivity index (χ4n) is 3.56. The fourth-order valence-corrected chi connectivity index (χ4v) is 3.56. The van der Waals surface area contributed by atoms with Crippen LogP contribution in [0.3, 0.4) is 0 Å². The third-order valence-electron chi connectivity index (χ3n) is 4.87. The summed E-state index contributed by atoms with van der Waals surface area (Å²) >= 11 is 0. The molecule has 0 saturated carbocycles. The molecule has 0 radical (unpaired) electrons. The number of benzene rings is 1. The molecule has 2 N–H and O–H groups in total. The second-order valence-corrected chi connectivity index (χ2v) is 6.29. The summed E-state index contributed by atoms with van der Waals surface area (Å²) < 4.78 is 0. The SMILES string of the molecule is O=C(O)[C@H]1CNCCN(C2CCN(c3ccccc3)CC2)C1. The van der Waals surface area contributed by atoms with Gasteiger partial charge in [0, 0.05) is 51.0 Å². The van der Waals surface area contributed by atoms with Gasteiger partial charge in [0.15, 0.2) is 0 Å². The van der Waals surface area contributed by atoms with E-state index in [-0.39, 0.29) is 5.92 Å². The van der Waals surface area contributed by atoms with Crippen molar-refractivity contribution < 1.29 is 9.90 Å². The number of aliphatic carboxylic acids is 1. The van der Waals surface area contributed by atoms with Gasteiger partial charge in [-0.15, -0.1) is 0 Å². The van der Waals surface area contributed by atoms with Gasteiger partial charge in [-0.05, 0) is 25.0 Å². The van der Waals surface area contributed by atoms with E-state index in [4.69, 9.17) is 0 Å². The van der Waals surface area contributed by atoms with Crippen molar-refractivity contribution in [3.05, 3.63) is 30.3 Å². The smallest absolute Gasteiger partial charge is 0.309 e. The monoisotopic (exact) mass is 303 g/mol. The van der Waals surface area contributed by atoms with Gasteiger partial charge in [-0.25, -0.2) is 0 Å². The maximum atomic E-state index is 11.3. The molecule has 0 amide bonds. The van der Waals surface area contributed by atoms with Crippen molar-refractivity contribution in [2.24, 2.45) is 5.92 Å². The summed E-state index contributed by atoms with van der Waals surface area (Å²) in [6, 6.07) is 11.1. The molecule has 2 fully saturated rings. The first-order valence-electron chi connectivity index (χ1n) is 8.21. The van der Waals surface area contributed by atoms with E-state index in [9.17, 15) is 9.90 Å². The van der Waals surface area contributed by atoms with E-state index in [0.29, 0.717) is 19.1 Å². The number of anilines is 1. The summed E-state index contributed by atoms with van der Waals surface area (Å²) in [5.41, 5.74) is 1.29. The molecule has 2 aliphatic rings. The van der Waals surface area contributed by atoms with Crippen molar-refractivity contribution in [1.29, 1.82) is 0 Å². The molecular formula is C17H25N3O2. The molecule has 0 aromatic heterocycles. The number of para-hydroxylation sites is 1. The Morgan fingerprint density at radius 1 is 1.14 bits per heavy atom. The van der Waals surface area contributed by atoms with Gasteiger partial charge in [0.1, 0.15) is 0 Å². The van der Waals surface area contributed by atoms with Crippen LogP contribution in [-0.2, 0) is 4.79 Å². The first kappa shape index (κ1) is 15.3. The molecule has 22 heavy (non-hydrogen) atoms. The van der Waals surface area contributed by atoms with Crippen LogP contribution in [0.1, 0.15) is 12.8 Å². The number of nitrogens with one attached hydrogen (secondary N) is 1. The van der Waals surface area contributed by atoms with E-state index in [0.717, 1.165) is 39.0 Å². The molecule has 5 nitrogen and oxygen atoms in total. The van der Waals surface area contributed by atoms with Crippen LogP contribution in [0.15, 0.2) is 30.3 Å². The highest BCUT2D eigenvalue weighted by Gasteiger charge is 2.30. The summed E-state index contributed by atoms with van der Waals surface area (Å²) in [6.45, 7) is 5.22. The summed E-state index contributed by atoms with van der Waals surface area (Å²) in [6.07, 6.45) is 2.22. The molecule has 1 aromatic carbocycles. The van der Waals surface area contributed by atoms with E-state index < -0.39 is 5.97 Å². The van der Waals surface area contributed by atoms with Crippen LogP contribution in [0.5, 0.6) is 0 Å². The van der Waals surface area contributed by atoms with Crippen molar-refractivity contribution in [1.82, 2.24) is 10.2 Å². The highest BCUT2D eigenvalue weighted by atomic mass is 16.4. The van der Waals surface area contributed by atoms with Gasteiger partial charge in [-0.3, -0.25) is 9.69 Å². The Hall–Kier alpha value is -1.59. The maximum absolute atomic E-state index is 11.3. The Bertz CT molecular complexity index is 486. The Kier molecular flexibility index (Phi) is 4.95. The van der Waals surface area contributed by atoms with E-state index in [1.165, 1.54) is 5.69 Å². The Morgan fingerprint density at radius 3 is 2.55 bits per heavy atom. The first-order valence-corrected chi connectivity index (χ1v) is 8.21. The molecule has 0 aliphatic carbocycles. The van der Waals surface area contributed by atoms with Crippen LogP contribution in [0.25, 0.3) is 0 Å². The molecule has 2 saturated heterocycles. The number of carboxylic acid groups (broad SMARTS) is 1. The summed E-state index contributed by atoms with van der Waals surface area (Å²) in [5.74, 6) is -0.962. The normalized spacial score (nSPS) is 24.9. The van der Waals surface area contributed by atoms with Gasteiger partial charge in [0.25, 0.3) is 0 Å². The average Bonchev–Trinajstić information content (AvgIpc) is 2.82. The number of carboxylic acids is 1. The standard InChI is InChI=1S/C17H25N3O2/c21-17(22)14-12-18-8-11-20(13-14)16-6-9-19(10-7-16)15-4-2-1-3-5-15/h1-5,14,16,18H,6-13H2,(H,21,22)/t14-/m0/s1. The summed E-state index contributed by atoms with van der Waals surface area (Å²) in [7, 11) is 0. The molecule has 1 atom stereocenters. The van der Waals surface area contributed by atoms with Gasteiger partial charge in [0.2, 0.25) is 0 Å². The zero-order valence-electron chi connectivity index (χ0n) is 12.9. The van der Waals surface area contributed by atoms with Crippen LogP contribution in [0.2, 0.25) is 0 Å². The quantitative estimate of drug-likeness (QED) is 0.880. The zero-order chi connectivity index (χ0) is 15.4. The minimum atomic E-state index is -0.680. The molecule has 0 spiro atoms. The van der Waals surface area contributed by atoms with Gasteiger partial charge < -0.3 is 15.3 Å². The van der Waals surface area contributed by atoms with Gasteiger partial charge in [-0.1, -0.05) is 18.2 Å². The number of piperidine rings is 1. The Balaban J connectivity index is 1.57. The minimum absolute atomic E-state index is 0.283. The third kappa shape index (κ3) is 3.59. The topological polar surface area (TPSA) is 55.8 Å². The number of hydrogen-bond acceptors (Lipinski definition) is 4. The first-order chi connectivity index (χ1) is 10.7. The lowest BCUT2D eigenvalue weighted by atomic mass is 10.0. The van der Waals surface area contributed by atoms with E-state index in [2.05, 4.69) is 39.4 Å². The minimum Gasteiger partial charge on any atom is -0.481 e. The average molecular weight is 303 g/mol. The van der Waals surface area contributed by atoms with Crippen molar-refractivity contribution in [2.45, 2.75) is 18.9 Å². The van der Waals surface area contributed by atoms with Crippen molar-refractivity contribution in [3.63, 3.8) is 0 Å². The molecule has 2 aliphatic heterocycles. The lowest BCUT2D eigenvalue weighted by Crippen LogP contribution is -2.47. The molecule has 120 valence electrons. The van der Waals surface area contributed by atoms with E-state index >= 15 is 0 Å². The molecule has 0 bridgehead atoms. The number of hydrogen-bond donors (Lipinski definition) is 2. The largest absolute Gasteiger partial charge is 0.481 e. The van der Waals surface area contributed by atoms with Crippen LogP contribution in [0.4, 0.5) is 5.69 Å². The van der Waals surface area contributed by atoms with Crippen LogP contribution in [0, 0.1) is 5.92 Å². The molecule has 3 rings (SSSR count). The molecule has 5 heteroatoms. The second kappa shape index (κ2) is 7.11. The van der Waals surface area contributed by atoms with Crippen LogP contribution < -0.4 is 10.2 Å². The number of rotatable bonds is 3. The third-order valence-corrected chi connectivity index (χ3v) is 4.87. The summed E-state index contributed by atoms with van der Waals surface area (Å²) in [4.78, 5) is 16.1. The van der Waals surface area contributed by atoms with Crippen molar-refractivity contribution >= 4 is 11.7 Å². The van der Waals surface area contributed by atoms with Crippen LogP contribution >= 0.6 is 0 Å². The Morgan fingerprint density at radius 2 is 1.86 bits per heavy atom. The van der Waals surface area contributed by atoms with Gasteiger partial charge in [-0.2, -0.15) is 0 Å². The Labute approximate surface area is 131 Å². The zero-order valence-corrected chi connectivity index (χ0v) is 12.9. The summed E-state index contributed by atoms with van der Waals surface area (Å²) in [5, 5.41) is 12.5. The van der Waals surface area contributed by atoms with Gasteiger partial charge >= 0.3 is 5.97 Å². The maximum Gasteiger partial charge on any atom is 0.309 e. The van der Waals surface area contributed by atoms with E-state index in [1.807, 2.05) is 6.07 Å². The van der Waals surface area contributed by atoms with Crippen LogP contribution in [-0.4, -0.2) is 61.3 Å². The van der Waals surface area contributed by atoms with E-state index in [1.54, 1.807) is 0 Å². The molecule has 2 heterocycles. The molecular weight excluding hydrogens is 278 g/mol. The molecule has 1 aromatic rings. The van der Waals surface area contributed by atoms with Crippen molar-refractivity contribution in [3.8, 4) is 0 Å². The number of nitrogens with zero attached hydrogens (tertiary/aromatic N) is 2. The second-order valence-electron chi connectivity index (χ2n) is 6.29. The molecule has 0 unspecified atom stereocenters. The lowest BCUT2D eigenvalue weighted by molar-refractivity contribution is -0.142. The number of carbonyl (C=O) groups is 1.